The third-order valence-electron chi connectivity index (χ3n) is 5.55. The summed E-state index contributed by atoms with van der Waals surface area (Å²) in [5, 5.41) is 0. The highest BCUT2D eigenvalue weighted by Crippen LogP contribution is 2.39. The van der Waals surface area contributed by atoms with Crippen LogP contribution in [0.3, 0.4) is 0 Å². The normalized spacial score (nSPS) is 23.4. The maximum absolute atomic E-state index is 12.8. The largest absolute Gasteiger partial charge is 0.497 e. The number of benzene rings is 1. The van der Waals surface area contributed by atoms with Crippen LogP contribution >= 0.6 is 11.8 Å². The van der Waals surface area contributed by atoms with E-state index in [2.05, 4.69) is 0 Å². The summed E-state index contributed by atoms with van der Waals surface area (Å²) in [5.41, 5.74) is 0.0957. The second-order valence-electron chi connectivity index (χ2n) is 7.29. The van der Waals surface area contributed by atoms with E-state index in [1.165, 1.54) is 0 Å². The van der Waals surface area contributed by atoms with E-state index in [0.717, 1.165) is 56.1 Å². The number of carbonyl (C=O) groups is 2. The van der Waals surface area contributed by atoms with Gasteiger partial charge in [0.15, 0.2) is 0 Å². The van der Waals surface area contributed by atoms with E-state index in [0.29, 0.717) is 12.2 Å². The lowest BCUT2D eigenvalue weighted by atomic mass is 9.73. The molecule has 0 saturated carbocycles. The molecule has 1 aromatic rings. The zero-order valence-electron chi connectivity index (χ0n) is 15.7. The first-order chi connectivity index (χ1) is 12.5. The Morgan fingerprint density at radius 3 is 2.92 bits per heavy atom. The van der Waals surface area contributed by atoms with Crippen molar-refractivity contribution < 1.29 is 14.3 Å². The lowest BCUT2D eigenvalue weighted by Crippen LogP contribution is -2.55. The number of hydrogen-bond donors (Lipinski definition) is 0. The predicted octanol–water partition coefficient (Wildman–Crippen LogP) is 3.04. The summed E-state index contributed by atoms with van der Waals surface area (Å²) in [6.07, 6.45) is 3.68. The quantitative estimate of drug-likeness (QED) is 0.741. The van der Waals surface area contributed by atoms with Crippen LogP contribution in [0.4, 0.5) is 0 Å². The molecule has 0 N–H and O–H groups in total. The Kier molecular flexibility index (Phi) is 6.12. The number of likely N-dealkylation sites (tertiary alicyclic amines) is 2. The first-order valence-corrected chi connectivity index (χ1v) is 10.4. The van der Waals surface area contributed by atoms with Crippen LogP contribution < -0.4 is 4.74 Å². The van der Waals surface area contributed by atoms with Gasteiger partial charge < -0.3 is 14.5 Å². The Morgan fingerprint density at radius 1 is 1.31 bits per heavy atom. The maximum Gasteiger partial charge on any atom is 0.232 e. The number of methoxy groups -OCH3 is 1. The molecule has 0 radical (unpaired) electrons. The van der Waals surface area contributed by atoms with Crippen molar-refractivity contribution in [3.63, 3.8) is 0 Å². The second kappa shape index (κ2) is 8.33. The minimum atomic E-state index is 0.0957. The summed E-state index contributed by atoms with van der Waals surface area (Å²) >= 11 is 1.56. The van der Waals surface area contributed by atoms with Crippen LogP contribution in [0.5, 0.6) is 5.75 Å². The SMILES string of the molecule is CCN1CC2(CCCN(C(=O)CSc3cccc(OC)c3)C2)CCC1=O. The van der Waals surface area contributed by atoms with Crippen molar-refractivity contribution in [2.75, 3.05) is 39.0 Å². The number of nitrogens with zero attached hydrogens (tertiary/aromatic N) is 2. The molecule has 0 aliphatic carbocycles. The molecule has 6 heteroatoms. The molecule has 1 unspecified atom stereocenters. The number of hydrogen-bond acceptors (Lipinski definition) is 4. The van der Waals surface area contributed by atoms with Gasteiger partial charge in [-0.05, 0) is 44.4 Å². The average molecular weight is 377 g/mol. The van der Waals surface area contributed by atoms with Crippen LogP contribution in [0, 0.1) is 5.41 Å². The van der Waals surface area contributed by atoms with E-state index in [4.69, 9.17) is 4.74 Å². The molecule has 142 valence electrons. The fourth-order valence-corrected chi connectivity index (χ4v) is 4.92. The van der Waals surface area contributed by atoms with Crippen molar-refractivity contribution in [2.45, 2.75) is 37.5 Å². The van der Waals surface area contributed by atoms with Gasteiger partial charge in [0.1, 0.15) is 5.75 Å². The minimum Gasteiger partial charge on any atom is -0.497 e. The fraction of sp³-hybridized carbons (Fsp3) is 0.600. The minimum absolute atomic E-state index is 0.0957. The zero-order valence-corrected chi connectivity index (χ0v) is 16.5. The molecule has 26 heavy (non-hydrogen) atoms. The second-order valence-corrected chi connectivity index (χ2v) is 8.34. The van der Waals surface area contributed by atoms with Gasteiger partial charge in [0.05, 0.1) is 12.9 Å². The molecule has 1 spiro atoms. The van der Waals surface area contributed by atoms with Gasteiger partial charge >= 0.3 is 0 Å². The van der Waals surface area contributed by atoms with E-state index in [9.17, 15) is 9.59 Å². The summed E-state index contributed by atoms with van der Waals surface area (Å²) in [6.45, 7) is 5.22. The summed E-state index contributed by atoms with van der Waals surface area (Å²) in [4.78, 5) is 29.8. The lowest BCUT2D eigenvalue weighted by Gasteiger charge is -2.48. The van der Waals surface area contributed by atoms with Crippen LogP contribution in [0.2, 0.25) is 0 Å². The number of thioether (sulfide) groups is 1. The van der Waals surface area contributed by atoms with E-state index in [-0.39, 0.29) is 17.2 Å². The van der Waals surface area contributed by atoms with Crippen LogP contribution in [-0.4, -0.2) is 60.7 Å². The summed E-state index contributed by atoms with van der Waals surface area (Å²) in [5.74, 6) is 1.71. The summed E-state index contributed by atoms with van der Waals surface area (Å²) in [7, 11) is 1.65. The third-order valence-corrected chi connectivity index (χ3v) is 6.53. The molecule has 2 fully saturated rings. The number of amides is 2. The molecule has 0 bridgehead atoms. The highest BCUT2D eigenvalue weighted by molar-refractivity contribution is 8.00. The highest BCUT2D eigenvalue weighted by atomic mass is 32.2. The number of carbonyl (C=O) groups excluding carboxylic acids is 2. The first-order valence-electron chi connectivity index (χ1n) is 9.38. The maximum atomic E-state index is 12.8. The Hall–Kier alpha value is -1.69. The molecular weight excluding hydrogens is 348 g/mol. The van der Waals surface area contributed by atoms with Crippen molar-refractivity contribution >= 4 is 23.6 Å². The Balaban J connectivity index is 1.58. The molecule has 2 amide bonds. The number of piperidine rings is 2. The van der Waals surface area contributed by atoms with E-state index in [1.807, 2.05) is 41.0 Å². The van der Waals surface area contributed by atoms with Crippen molar-refractivity contribution in [1.29, 1.82) is 0 Å². The van der Waals surface area contributed by atoms with Gasteiger partial charge in [-0.2, -0.15) is 0 Å². The van der Waals surface area contributed by atoms with Crippen molar-refractivity contribution in [3.05, 3.63) is 24.3 Å². The standard InChI is InChI=1S/C20H28N2O3S/c1-3-21-14-20(10-8-18(21)23)9-5-11-22(15-20)19(24)13-26-17-7-4-6-16(12-17)25-2/h4,6-7,12H,3,5,8-11,13-15H2,1-2H3. The highest BCUT2D eigenvalue weighted by Gasteiger charge is 2.42. The number of ether oxygens (including phenoxy) is 1. The third kappa shape index (κ3) is 4.34. The molecule has 2 saturated heterocycles. The van der Waals surface area contributed by atoms with Gasteiger partial charge in [-0.3, -0.25) is 9.59 Å². The van der Waals surface area contributed by atoms with Crippen molar-refractivity contribution in [1.82, 2.24) is 9.80 Å². The molecule has 0 aromatic heterocycles. The zero-order chi connectivity index (χ0) is 18.6. The van der Waals surface area contributed by atoms with Crippen molar-refractivity contribution in [2.24, 2.45) is 5.41 Å². The van der Waals surface area contributed by atoms with Gasteiger partial charge in [0, 0.05) is 42.9 Å². The summed E-state index contributed by atoms with van der Waals surface area (Å²) < 4.78 is 5.24. The molecule has 3 rings (SSSR count). The van der Waals surface area contributed by atoms with E-state index in [1.54, 1.807) is 18.9 Å². The van der Waals surface area contributed by atoms with Gasteiger partial charge in [-0.1, -0.05) is 6.07 Å². The molecule has 1 atom stereocenters. The van der Waals surface area contributed by atoms with Gasteiger partial charge in [-0.15, -0.1) is 11.8 Å². The molecule has 2 heterocycles. The van der Waals surface area contributed by atoms with Gasteiger partial charge in [0.2, 0.25) is 11.8 Å². The van der Waals surface area contributed by atoms with Crippen LogP contribution in [0.25, 0.3) is 0 Å². The number of rotatable bonds is 5. The van der Waals surface area contributed by atoms with Crippen LogP contribution in [0.15, 0.2) is 29.2 Å². The van der Waals surface area contributed by atoms with Gasteiger partial charge in [0.25, 0.3) is 0 Å². The topological polar surface area (TPSA) is 49.9 Å². The monoisotopic (exact) mass is 376 g/mol. The molecular formula is C20H28N2O3S. The molecule has 2 aliphatic heterocycles. The molecule has 2 aliphatic rings. The molecule has 1 aromatic carbocycles. The Morgan fingerprint density at radius 2 is 2.15 bits per heavy atom. The summed E-state index contributed by atoms with van der Waals surface area (Å²) in [6, 6.07) is 7.82. The fourth-order valence-electron chi connectivity index (χ4n) is 4.07. The molecule has 5 nitrogen and oxygen atoms in total. The van der Waals surface area contributed by atoms with Crippen molar-refractivity contribution in [3.8, 4) is 5.75 Å². The average Bonchev–Trinajstić information content (AvgIpc) is 2.68. The van der Waals surface area contributed by atoms with Gasteiger partial charge in [-0.25, -0.2) is 0 Å². The smallest absolute Gasteiger partial charge is 0.232 e. The Bertz CT molecular complexity index is 666. The van der Waals surface area contributed by atoms with E-state index >= 15 is 0 Å². The van der Waals surface area contributed by atoms with E-state index < -0.39 is 0 Å². The first kappa shape index (κ1) is 19.1. The van der Waals surface area contributed by atoms with Crippen LogP contribution in [-0.2, 0) is 9.59 Å². The lowest BCUT2D eigenvalue weighted by molar-refractivity contribution is -0.141. The van der Waals surface area contributed by atoms with Crippen LogP contribution in [0.1, 0.15) is 32.6 Å². The Labute approximate surface area is 160 Å². The predicted molar refractivity (Wildman–Crippen MR) is 103 cm³/mol.